The van der Waals surface area contributed by atoms with Crippen molar-refractivity contribution in [2.24, 2.45) is 0 Å². The molecule has 1 aromatic heterocycles. The van der Waals surface area contributed by atoms with Crippen molar-refractivity contribution in [3.05, 3.63) is 46.2 Å². The summed E-state index contributed by atoms with van der Waals surface area (Å²) in [5.74, 6) is -0.191. The molecule has 0 aliphatic rings. The summed E-state index contributed by atoms with van der Waals surface area (Å²) >= 11 is 0. The van der Waals surface area contributed by atoms with Gasteiger partial charge in [0.15, 0.2) is 0 Å². The van der Waals surface area contributed by atoms with Gasteiger partial charge in [0.1, 0.15) is 0 Å². The third kappa shape index (κ3) is 4.68. The second kappa shape index (κ2) is 8.11. The number of nitrogens with one attached hydrogen (secondary N) is 2. The maximum atomic E-state index is 12.2. The number of carbonyl (C=O) groups is 1. The van der Waals surface area contributed by atoms with Gasteiger partial charge in [-0.25, -0.2) is 0 Å². The maximum Gasteiger partial charge on any atom is 0.248 e. The van der Waals surface area contributed by atoms with Gasteiger partial charge in [-0.05, 0) is 24.5 Å². The average molecular weight is 330 g/mol. The molecule has 24 heavy (non-hydrogen) atoms. The Kier molecular flexibility index (Phi) is 6.15. The van der Waals surface area contributed by atoms with Crippen molar-refractivity contribution in [3.63, 3.8) is 0 Å². The van der Waals surface area contributed by atoms with Crippen molar-refractivity contribution in [3.8, 4) is 0 Å². The predicted octanol–water partition coefficient (Wildman–Crippen LogP) is 2.87. The Labute approximate surface area is 142 Å². The van der Waals surface area contributed by atoms with Crippen LogP contribution in [0.25, 0.3) is 10.9 Å². The summed E-state index contributed by atoms with van der Waals surface area (Å²) in [5, 5.41) is 14.3. The van der Waals surface area contributed by atoms with Crippen LogP contribution in [0.2, 0.25) is 0 Å². The Morgan fingerprint density at radius 2 is 1.88 bits per heavy atom. The summed E-state index contributed by atoms with van der Waals surface area (Å²) < 4.78 is 0. The fourth-order valence-electron chi connectivity index (χ4n) is 3.21. The number of amides is 1. The molecule has 130 valence electrons. The minimum Gasteiger partial charge on any atom is -0.389 e. The molecule has 0 saturated heterocycles. The van der Waals surface area contributed by atoms with Crippen LogP contribution >= 0.6 is 0 Å². The van der Waals surface area contributed by atoms with Crippen LogP contribution in [0.1, 0.15) is 51.5 Å². The average Bonchev–Trinajstić information content (AvgIpc) is 2.52. The lowest BCUT2D eigenvalue weighted by atomic mass is 9.89. The molecule has 0 aliphatic heterocycles. The fraction of sp³-hybridized carbons (Fsp3) is 0.474. The van der Waals surface area contributed by atoms with Crippen LogP contribution in [0, 0.1) is 0 Å². The predicted molar refractivity (Wildman–Crippen MR) is 95.8 cm³/mol. The Balaban J connectivity index is 2.08. The summed E-state index contributed by atoms with van der Waals surface area (Å²) in [4.78, 5) is 26.8. The first kappa shape index (κ1) is 18.2. The van der Waals surface area contributed by atoms with E-state index in [4.69, 9.17) is 0 Å². The Morgan fingerprint density at radius 3 is 2.54 bits per heavy atom. The van der Waals surface area contributed by atoms with Crippen LogP contribution in [-0.2, 0) is 11.3 Å². The molecule has 0 radical (unpaired) electrons. The number of pyridine rings is 1. The molecule has 0 bridgehead atoms. The number of carbonyl (C=O) groups excluding carboxylic acids is 1. The first-order chi connectivity index (χ1) is 11.5. The van der Waals surface area contributed by atoms with Gasteiger partial charge < -0.3 is 15.4 Å². The van der Waals surface area contributed by atoms with E-state index in [1.54, 1.807) is 0 Å². The molecule has 2 aromatic rings. The number of H-pyrrole nitrogens is 1. The topological polar surface area (TPSA) is 82.2 Å². The zero-order valence-corrected chi connectivity index (χ0v) is 14.4. The molecule has 5 heteroatoms. The Bertz CT molecular complexity index is 746. The van der Waals surface area contributed by atoms with Crippen LogP contribution in [0.4, 0.5) is 0 Å². The molecule has 1 aromatic carbocycles. The van der Waals surface area contributed by atoms with Gasteiger partial charge in [-0.2, -0.15) is 0 Å². The number of aromatic amines is 1. The summed E-state index contributed by atoms with van der Waals surface area (Å²) in [6, 6.07) is 9.01. The van der Waals surface area contributed by atoms with E-state index in [1.165, 1.54) is 6.07 Å². The number of aromatic nitrogens is 1. The molecule has 1 heterocycles. The monoisotopic (exact) mass is 330 g/mol. The number of rotatable bonds is 8. The van der Waals surface area contributed by atoms with Crippen LogP contribution in [0.3, 0.4) is 0 Å². The lowest BCUT2D eigenvalue weighted by Crippen LogP contribution is -2.36. The molecule has 2 rings (SSSR count). The normalized spacial score (nSPS) is 11.6. The highest BCUT2D eigenvalue weighted by Crippen LogP contribution is 2.23. The highest BCUT2D eigenvalue weighted by molar-refractivity contribution is 5.83. The van der Waals surface area contributed by atoms with E-state index in [1.807, 2.05) is 38.1 Å². The number of benzene rings is 1. The van der Waals surface area contributed by atoms with Gasteiger partial charge in [0.2, 0.25) is 11.5 Å². The molecular weight excluding hydrogens is 304 g/mol. The number of hydrogen-bond acceptors (Lipinski definition) is 3. The van der Waals surface area contributed by atoms with Crippen LogP contribution in [-0.4, -0.2) is 21.6 Å². The molecule has 0 aliphatic carbocycles. The molecular formula is C19H26N2O3. The SMILES string of the molecule is CCCC(O)(CCC)CC(=O)NCc1cc(=O)[nH]c2ccccc12. The highest BCUT2D eigenvalue weighted by Gasteiger charge is 2.28. The van der Waals surface area contributed by atoms with Crippen LogP contribution < -0.4 is 10.9 Å². The Hall–Kier alpha value is -2.14. The molecule has 1 amide bonds. The lowest BCUT2D eigenvalue weighted by molar-refractivity contribution is -0.126. The summed E-state index contributed by atoms with van der Waals surface area (Å²) in [6.45, 7) is 4.28. The van der Waals surface area contributed by atoms with E-state index in [0.29, 0.717) is 12.8 Å². The molecule has 0 saturated carbocycles. The minimum atomic E-state index is -0.941. The fourth-order valence-corrected chi connectivity index (χ4v) is 3.21. The lowest BCUT2D eigenvalue weighted by Gasteiger charge is -2.26. The van der Waals surface area contributed by atoms with E-state index in [0.717, 1.165) is 29.3 Å². The van der Waals surface area contributed by atoms with Crippen LogP contribution in [0.5, 0.6) is 0 Å². The number of aliphatic hydroxyl groups is 1. The molecule has 0 unspecified atom stereocenters. The number of para-hydroxylation sites is 1. The third-order valence-electron chi connectivity index (χ3n) is 4.23. The number of hydrogen-bond donors (Lipinski definition) is 3. The van der Waals surface area contributed by atoms with Gasteiger partial charge in [-0.1, -0.05) is 44.9 Å². The van der Waals surface area contributed by atoms with E-state index in [9.17, 15) is 14.7 Å². The van der Waals surface area contributed by atoms with Crippen molar-refractivity contribution in [2.45, 2.75) is 58.1 Å². The van der Waals surface area contributed by atoms with E-state index in [2.05, 4.69) is 10.3 Å². The van der Waals surface area contributed by atoms with Crippen LogP contribution in [0.15, 0.2) is 35.1 Å². The van der Waals surface area contributed by atoms with Crippen molar-refractivity contribution in [1.29, 1.82) is 0 Å². The third-order valence-corrected chi connectivity index (χ3v) is 4.23. The van der Waals surface area contributed by atoms with E-state index < -0.39 is 5.60 Å². The number of fused-ring (bicyclic) bond motifs is 1. The van der Waals surface area contributed by atoms with E-state index in [-0.39, 0.29) is 24.4 Å². The molecule has 0 spiro atoms. The first-order valence-electron chi connectivity index (χ1n) is 8.57. The standard InChI is InChI=1S/C19H26N2O3/c1-3-9-19(24,10-4-2)12-18(23)20-13-14-11-17(22)21-16-8-6-5-7-15(14)16/h5-8,11,24H,3-4,9-10,12-13H2,1-2H3,(H,20,23)(H,21,22). The van der Waals surface area contributed by atoms with Gasteiger partial charge in [0, 0.05) is 23.5 Å². The van der Waals surface area contributed by atoms with Crippen molar-refractivity contribution < 1.29 is 9.90 Å². The minimum absolute atomic E-state index is 0.0931. The first-order valence-corrected chi connectivity index (χ1v) is 8.57. The zero-order valence-electron chi connectivity index (χ0n) is 14.4. The van der Waals surface area contributed by atoms with Gasteiger partial charge in [0.05, 0.1) is 12.0 Å². The van der Waals surface area contributed by atoms with Crippen molar-refractivity contribution in [2.75, 3.05) is 0 Å². The molecule has 5 nitrogen and oxygen atoms in total. The summed E-state index contributed by atoms with van der Waals surface area (Å²) in [5.41, 5.74) is 0.399. The van der Waals surface area contributed by atoms with Crippen molar-refractivity contribution >= 4 is 16.8 Å². The van der Waals surface area contributed by atoms with Gasteiger partial charge in [-0.3, -0.25) is 9.59 Å². The van der Waals surface area contributed by atoms with Gasteiger partial charge >= 0.3 is 0 Å². The second-order valence-electron chi connectivity index (χ2n) is 6.38. The zero-order chi connectivity index (χ0) is 17.6. The summed E-state index contributed by atoms with van der Waals surface area (Å²) in [7, 11) is 0. The smallest absolute Gasteiger partial charge is 0.248 e. The van der Waals surface area contributed by atoms with Gasteiger partial charge in [-0.15, -0.1) is 0 Å². The molecule has 3 N–H and O–H groups in total. The molecule has 0 fully saturated rings. The van der Waals surface area contributed by atoms with E-state index >= 15 is 0 Å². The Morgan fingerprint density at radius 1 is 1.21 bits per heavy atom. The second-order valence-corrected chi connectivity index (χ2v) is 6.38. The largest absolute Gasteiger partial charge is 0.389 e. The quantitative estimate of drug-likeness (QED) is 0.696. The molecule has 0 atom stereocenters. The van der Waals surface area contributed by atoms with Crippen molar-refractivity contribution in [1.82, 2.24) is 10.3 Å². The summed E-state index contributed by atoms with van der Waals surface area (Å²) in [6.07, 6.45) is 2.99. The highest BCUT2D eigenvalue weighted by atomic mass is 16.3. The maximum absolute atomic E-state index is 12.2. The van der Waals surface area contributed by atoms with Gasteiger partial charge in [0.25, 0.3) is 0 Å².